The Kier molecular flexibility index (Phi) is 3.31. The van der Waals surface area contributed by atoms with Gasteiger partial charge < -0.3 is 4.74 Å². The van der Waals surface area contributed by atoms with Crippen molar-refractivity contribution in [3.63, 3.8) is 0 Å². The molecule has 0 bridgehead atoms. The molecular formula is C14H11ClN4O2. The second-order valence-corrected chi connectivity index (χ2v) is 4.88. The van der Waals surface area contributed by atoms with E-state index < -0.39 is 5.97 Å². The predicted molar refractivity (Wildman–Crippen MR) is 77.3 cm³/mol. The van der Waals surface area contributed by atoms with Crippen molar-refractivity contribution in [2.24, 2.45) is 0 Å². The number of pyridine rings is 2. The average Bonchev–Trinajstić information content (AvgIpc) is 2.90. The third-order valence-electron chi connectivity index (χ3n) is 3.04. The van der Waals surface area contributed by atoms with Crippen LogP contribution in [0.2, 0.25) is 5.02 Å². The van der Waals surface area contributed by atoms with Gasteiger partial charge in [0.05, 0.1) is 17.7 Å². The molecule has 0 saturated carbocycles. The number of halogens is 1. The van der Waals surface area contributed by atoms with Crippen LogP contribution in [0, 0.1) is 6.92 Å². The van der Waals surface area contributed by atoms with Gasteiger partial charge >= 0.3 is 5.97 Å². The molecule has 0 amide bonds. The molecule has 0 radical (unpaired) electrons. The molecule has 0 atom stereocenters. The summed E-state index contributed by atoms with van der Waals surface area (Å²) in [6, 6.07) is 5.22. The molecule has 6 nitrogen and oxygen atoms in total. The second-order valence-electron chi connectivity index (χ2n) is 4.47. The van der Waals surface area contributed by atoms with Crippen LogP contribution in [0.15, 0.2) is 30.6 Å². The van der Waals surface area contributed by atoms with Gasteiger partial charge in [-0.1, -0.05) is 11.6 Å². The largest absolute Gasteiger partial charge is 0.465 e. The molecule has 21 heavy (non-hydrogen) atoms. The Morgan fingerprint density at radius 2 is 2.14 bits per heavy atom. The van der Waals surface area contributed by atoms with E-state index in [1.807, 2.05) is 19.1 Å². The molecule has 3 rings (SSSR count). The highest BCUT2D eigenvalue weighted by Crippen LogP contribution is 2.24. The Labute approximate surface area is 125 Å². The number of aromatic nitrogens is 4. The zero-order valence-corrected chi connectivity index (χ0v) is 12.1. The molecule has 106 valence electrons. The standard InChI is InChI=1S/C14H11ClN4O2/c1-8-5-9(3-4-16-8)12-17-18-13-11(15)6-10(7-19(12)13)14(20)21-2/h3-7H,1-2H3. The van der Waals surface area contributed by atoms with Crippen molar-refractivity contribution in [1.82, 2.24) is 19.6 Å². The zero-order chi connectivity index (χ0) is 15.0. The molecule has 0 fully saturated rings. The molecule has 0 spiro atoms. The Morgan fingerprint density at radius 3 is 2.86 bits per heavy atom. The van der Waals surface area contributed by atoms with Crippen molar-refractivity contribution < 1.29 is 9.53 Å². The molecule has 3 aromatic rings. The fourth-order valence-electron chi connectivity index (χ4n) is 2.06. The SMILES string of the molecule is COC(=O)c1cc(Cl)c2nnc(-c3ccnc(C)c3)n2c1. The zero-order valence-electron chi connectivity index (χ0n) is 11.4. The van der Waals surface area contributed by atoms with Crippen LogP contribution in [0.1, 0.15) is 16.1 Å². The minimum atomic E-state index is -0.468. The van der Waals surface area contributed by atoms with Crippen molar-refractivity contribution in [1.29, 1.82) is 0 Å². The first-order chi connectivity index (χ1) is 10.1. The number of ether oxygens (including phenoxy) is 1. The molecule has 0 N–H and O–H groups in total. The number of hydrogen-bond donors (Lipinski definition) is 0. The number of nitrogens with zero attached hydrogens (tertiary/aromatic N) is 4. The Bertz CT molecular complexity index is 844. The Hall–Kier alpha value is -2.47. The molecule has 0 saturated heterocycles. The van der Waals surface area contributed by atoms with Crippen molar-refractivity contribution in [3.8, 4) is 11.4 Å². The fourth-order valence-corrected chi connectivity index (χ4v) is 2.31. The van der Waals surface area contributed by atoms with Crippen molar-refractivity contribution in [3.05, 3.63) is 46.9 Å². The van der Waals surface area contributed by atoms with Gasteiger partial charge in [0.15, 0.2) is 11.5 Å². The Morgan fingerprint density at radius 1 is 1.33 bits per heavy atom. The monoisotopic (exact) mass is 302 g/mol. The molecule has 0 unspecified atom stereocenters. The quantitative estimate of drug-likeness (QED) is 0.680. The number of carbonyl (C=O) groups is 1. The van der Waals surface area contributed by atoms with Crippen LogP contribution >= 0.6 is 11.6 Å². The summed E-state index contributed by atoms with van der Waals surface area (Å²) in [7, 11) is 1.32. The van der Waals surface area contributed by atoms with Gasteiger partial charge in [0.25, 0.3) is 0 Å². The maximum absolute atomic E-state index is 11.7. The van der Waals surface area contributed by atoms with Crippen LogP contribution in [0.3, 0.4) is 0 Å². The molecule has 0 aromatic carbocycles. The summed E-state index contributed by atoms with van der Waals surface area (Å²) in [4.78, 5) is 15.8. The summed E-state index contributed by atoms with van der Waals surface area (Å²) < 4.78 is 6.39. The third-order valence-corrected chi connectivity index (χ3v) is 3.31. The van der Waals surface area contributed by atoms with Gasteiger partial charge in [-0.2, -0.15) is 0 Å². The van der Waals surface area contributed by atoms with Crippen LogP contribution in [-0.4, -0.2) is 32.7 Å². The highest BCUT2D eigenvalue weighted by atomic mass is 35.5. The van der Waals surface area contributed by atoms with Crippen LogP contribution in [0.25, 0.3) is 17.0 Å². The lowest BCUT2D eigenvalue weighted by Gasteiger charge is -2.04. The average molecular weight is 303 g/mol. The summed E-state index contributed by atoms with van der Waals surface area (Å²) in [6.07, 6.45) is 3.30. The molecule has 0 aliphatic heterocycles. The van der Waals surface area contributed by atoms with E-state index in [2.05, 4.69) is 15.2 Å². The van der Waals surface area contributed by atoms with Gasteiger partial charge in [0.2, 0.25) is 0 Å². The van der Waals surface area contributed by atoms with Crippen LogP contribution in [0.4, 0.5) is 0 Å². The lowest BCUT2D eigenvalue weighted by molar-refractivity contribution is 0.0600. The number of rotatable bonds is 2. The van der Waals surface area contributed by atoms with Crippen LogP contribution < -0.4 is 0 Å². The van der Waals surface area contributed by atoms with Crippen molar-refractivity contribution in [2.45, 2.75) is 6.92 Å². The number of fused-ring (bicyclic) bond motifs is 1. The van der Waals surface area contributed by atoms with Crippen molar-refractivity contribution in [2.75, 3.05) is 7.11 Å². The smallest absolute Gasteiger partial charge is 0.339 e. The highest BCUT2D eigenvalue weighted by molar-refractivity contribution is 6.33. The van der Waals surface area contributed by atoms with E-state index >= 15 is 0 Å². The van der Waals surface area contributed by atoms with E-state index in [1.165, 1.54) is 13.2 Å². The molecule has 3 aromatic heterocycles. The van der Waals surface area contributed by atoms with E-state index in [-0.39, 0.29) is 0 Å². The lowest BCUT2D eigenvalue weighted by atomic mass is 10.2. The second kappa shape index (κ2) is 5.14. The third kappa shape index (κ3) is 2.34. The molecular weight excluding hydrogens is 292 g/mol. The first-order valence-electron chi connectivity index (χ1n) is 6.16. The number of carbonyl (C=O) groups excluding carboxylic acids is 1. The minimum Gasteiger partial charge on any atom is -0.465 e. The maximum Gasteiger partial charge on any atom is 0.339 e. The highest BCUT2D eigenvalue weighted by Gasteiger charge is 2.15. The number of methoxy groups -OCH3 is 1. The Balaban J connectivity index is 2.25. The lowest BCUT2D eigenvalue weighted by Crippen LogP contribution is -2.04. The molecule has 3 heterocycles. The molecule has 0 aliphatic rings. The predicted octanol–water partition coefficient (Wildman–Crippen LogP) is 2.54. The summed E-state index contributed by atoms with van der Waals surface area (Å²) in [5.74, 6) is 0.118. The van der Waals surface area contributed by atoms with Gasteiger partial charge in [0.1, 0.15) is 0 Å². The number of esters is 1. The molecule has 7 heteroatoms. The first kappa shape index (κ1) is 13.5. The fraction of sp³-hybridized carbons (Fsp3) is 0.143. The van der Waals surface area contributed by atoms with Gasteiger partial charge in [-0.05, 0) is 25.1 Å². The van der Waals surface area contributed by atoms with E-state index in [9.17, 15) is 4.79 Å². The van der Waals surface area contributed by atoms with Gasteiger partial charge in [-0.15, -0.1) is 10.2 Å². The van der Waals surface area contributed by atoms with Crippen molar-refractivity contribution >= 4 is 23.2 Å². The number of aryl methyl sites for hydroxylation is 1. The van der Waals surface area contributed by atoms with E-state index in [0.29, 0.717) is 22.1 Å². The van der Waals surface area contributed by atoms with Gasteiger partial charge in [-0.3, -0.25) is 9.38 Å². The van der Waals surface area contributed by atoms with Gasteiger partial charge in [-0.25, -0.2) is 4.79 Å². The van der Waals surface area contributed by atoms with E-state index in [1.54, 1.807) is 16.8 Å². The minimum absolute atomic E-state index is 0.335. The van der Waals surface area contributed by atoms with Crippen LogP contribution in [0.5, 0.6) is 0 Å². The number of hydrogen-bond acceptors (Lipinski definition) is 5. The normalized spacial score (nSPS) is 10.8. The summed E-state index contributed by atoms with van der Waals surface area (Å²) in [5.41, 5.74) is 2.52. The van der Waals surface area contributed by atoms with E-state index in [0.717, 1.165) is 11.3 Å². The summed E-state index contributed by atoms with van der Waals surface area (Å²) >= 11 is 6.15. The molecule has 0 aliphatic carbocycles. The van der Waals surface area contributed by atoms with Crippen LogP contribution in [-0.2, 0) is 4.74 Å². The summed E-state index contributed by atoms with van der Waals surface area (Å²) in [5, 5.41) is 8.54. The van der Waals surface area contributed by atoms with E-state index in [4.69, 9.17) is 16.3 Å². The topological polar surface area (TPSA) is 69.4 Å². The van der Waals surface area contributed by atoms with Gasteiger partial charge in [0, 0.05) is 23.7 Å². The maximum atomic E-state index is 11.7. The first-order valence-corrected chi connectivity index (χ1v) is 6.53. The summed E-state index contributed by atoms with van der Waals surface area (Å²) in [6.45, 7) is 1.89.